The summed E-state index contributed by atoms with van der Waals surface area (Å²) >= 11 is 0. The molecule has 2 aromatic rings. The van der Waals surface area contributed by atoms with Gasteiger partial charge >= 0.3 is 5.97 Å². The van der Waals surface area contributed by atoms with E-state index >= 15 is 0 Å². The highest BCUT2D eigenvalue weighted by atomic mass is 16.5. The van der Waals surface area contributed by atoms with Crippen LogP contribution < -0.4 is 10.1 Å². The van der Waals surface area contributed by atoms with Crippen LogP contribution in [0.3, 0.4) is 0 Å². The molecule has 1 atom stereocenters. The van der Waals surface area contributed by atoms with Crippen LogP contribution in [0.2, 0.25) is 0 Å². The number of carbonyl (C=O) groups is 3. The summed E-state index contributed by atoms with van der Waals surface area (Å²) in [4.78, 5) is 35.6. The standard InChI is InChI=1S/C18H19NO6/c1-12(17(21)13-5-7-14(23-2)8-6-13)25-16(20)9-10-19-18(22)15-4-3-11-24-15/h3-8,11-12H,9-10H2,1-2H3,(H,19,22)/t12-/m1/s1. The van der Waals surface area contributed by atoms with Crippen LogP contribution in [0.1, 0.15) is 34.3 Å². The van der Waals surface area contributed by atoms with Crippen LogP contribution in [-0.2, 0) is 9.53 Å². The van der Waals surface area contributed by atoms with Crippen molar-refractivity contribution in [1.82, 2.24) is 5.32 Å². The average molecular weight is 345 g/mol. The monoisotopic (exact) mass is 345 g/mol. The van der Waals surface area contributed by atoms with Gasteiger partial charge in [-0.3, -0.25) is 14.4 Å². The van der Waals surface area contributed by atoms with Gasteiger partial charge in [-0.05, 0) is 43.3 Å². The van der Waals surface area contributed by atoms with E-state index in [1.54, 1.807) is 30.3 Å². The third-order valence-corrected chi connectivity index (χ3v) is 3.41. The molecule has 7 heteroatoms. The lowest BCUT2D eigenvalue weighted by molar-refractivity contribution is -0.146. The van der Waals surface area contributed by atoms with Gasteiger partial charge in [0, 0.05) is 12.1 Å². The van der Waals surface area contributed by atoms with E-state index in [-0.39, 0.29) is 24.5 Å². The van der Waals surface area contributed by atoms with Crippen molar-refractivity contribution >= 4 is 17.7 Å². The molecule has 1 amide bonds. The van der Waals surface area contributed by atoms with Gasteiger partial charge in [0.05, 0.1) is 19.8 Å². The molecule has 1 heterocycles. The summed E-state index contributed by atoms with van der Waals surface area (Å²) in [5.74, 6) is -0.505. The van der Waals surface area contributed by atoms with Gasteiger partial charge in [0.25, 0.3) is 5.91 Å². The molecule has 1 N–H and O–H groups in total. The maximum Gasteiger partial charge on any atom is 0.308 e. The number of ketones is 1. The number of rotatable bonds is 8. The van der Waals surface area contributed by atoms with Crippen LogP contribution in [0.25, 0.3) is 0 Å². The van der Waals surface area contributed by atoms with E-state index in [0.29, 0.717) is 11.3 Å². The fourth-order valence-electron chi connectivity index (χ4n) is 2.07. The lowest BCUT2D eigenvalue weighted by Crippen LogP contribution is -2.29. The Balaban J connectivity index is 1.76. The topological polar surface area (TPSA) is 94.8 Å². The molecule has 132 valence electrons. The first-order valence-electron chi connectivity index (χ1n) is 7.70. The van der Waals surface area contributed by atoms with Crippen molar-refractivity contribution in [2.45, 2.75) is 19.4 Å². The first kappa shape index (κ1) is 18.3. The molecule has 0 radical (unpaired) electrons. The number of hydrogen-bond donors (Lipinski definition) is 1. The van der Waals surface area contributed by atoms with Gasteiger partial charge in [-0.15, -0.1) is 0 Å². The molecule has 0 saturated carbocycles. The van der Waals surface area contributed by atoms with E-state index in [2.05, 4.69) is 5.32 Å². The maximum absolute atomic E-state index is 12.2. The molecule has 0 saturated heterocycles. The van der Waals surface area contributed by atoms with Gasteiger partial charge < -0.3 is 19.2 Å². The highest BCUT2D eigenvalue weighted by Crippen LogP contribution is 2.14. The van der Waals surface area contributed by atoms with Crippen LogP contribution in [0.5, 0.6) is 5.75 Å². The molecule has 25 heavy (non-hydrogen) atoms. The van der Waals surface area contributed by atoms with E-state index in [1.807, 2.05) is 0 Å². The molecule has 0 aliphatic carbocycles. The van der Waals surface area contributed by atoms with Crippen molar-refractivity contribution in [3.63, 3.8) is 0 Å². The summed E-state index contributed by atoms with van der Waals surface area (Å²) in [6.45, 7) is 1.59. The quantitative estimate of drug-likeness (QED) is 0.582. The number of furan rings is 1. The third-order valence-electron chi connectivity index (χ3n) is 3.41. The molecule has 0 aliphatic rings. The van der Waals surface area contributed by atoms with E-state index in [0.717, 1.165) is 0 Å². The summed E-state index contributed by atoms with van der Waals surface area (Å²) in [5, 5.41) is 2.53. The van der Waals surface area contributed by atoms with Crippen LogP contribution >= 0.6 is 0 Å². The molecule has 1 aromatic heterocycles. The SMILES string of the molecule is COc1ccc(C(=O)[C@@H](C)OC(=O)CCNC(=O)c2ccco2)cc1. The predicted octanol–water partition coefficient (Wildman–Crippen LogP) is 2.22. The number of methoxy groups -OCH3 is 1. The Labute approximate surface area is 144 Å². The molecule has 0 aliphatic heterocycles. The number of hydrogen-bond acceptors (Lipinski definition) is 6. The minimum absolute atomic E-state index is 0.0489. The smallest absolute Gasteiger partial charge is 0.308 e. The molecular formula is C18H19NO6. The normalized spacial score (nSPS) is 11.4. The number of nitrogens with one attached hydrogen (secondary N) is 1. The van der Waals surface area contributed by atoms with E-state index in [9.17, 15) is 14.4 Å². The Hall–Kier alpha value is -3.09. The molecule has 0 spiro atoms. The second-order valence-electron chi connectivity index (χ2n) is 5.21. The Bertz CT molecular complexity index is 721. The number of esters is 1. The number of benzene rings is 1. The Morgan fingerprint density at radius 3 is 2.48 bits per heavy atom. The third kappa shape index (κ3) is 5.20. The van der Waals surface area contributed by atoms with Gasteiger partial charge in [0.15, 0.2) is 11.9 Å². The molecule has 0 unspecified atom stereocenters. The number of Topliss-reactive ketones (excluding diaryl/α,β-unsaturated/α-hetero) is 1. The van der Waals surface area contributed by atoms with E-state index in [1.165, 1.54) is 26.4 Å². The molecule has 7 nitrogen and oxygen atoms in total. The summed E-state index contributed by atoms with van der Waals surface area (Å²) in [7, 11) is 1.53. The molecule has 2 rings (SSSR count). The van der Waals surface area contributed by atoms with Crippen molar-refractivity contribution in [1.29, 1.82) is 0 Å². The fourth-order valence-corrected chi connectivity index (χ4v) is 2.07. The largest absolute Gasteiger partial charge is 0.497 e. The van der Waals surface area contributed by atoms with Crippen LogP contribution in [0, 0.1) is 0 Å². The highest BCUT2D eigenvalue weighted by Gasteiger charge is 2.19. The highest BCUT2D eigenvalue weighted by molar-refractivity contribution is 6.00. The van der Waals surface area contributed by atoms with Crippen molar-refractivity contribution in [2.75, 3.05) is 13.7 Å². The summed E-state index contributed by atoms with van der Waals surface area (Å²) in [6.07, 6.45) is 0.421. The zero-order valence-electron chi connectivity index (χ0n) is 14.0. The lowest BCUT2D eigenvalue weighted by Gasteiger charge is -2.12. The van der Waals surface area contributed by atoms with Crippen LogP contribution in [-0.4, -0.2) is 37.4 Å². The van der Waals surface area contributed by atoms with Crippen LogP contribution in [0.15, 0.2) is 47.1 Å². The number of amides is 1. The van der Waals surface area contributed by atoms with Gasteiger partial charge in [-0.25, -0.2) is 0 Å². The average Bonchev–Trinajstić information content (AvgIpc) is 3.15. The van der Waals surface area contributed by atoms with Crippen molar-refractivity contribution in [3.05, 3.63) is 54.0 Å². The fraction of sp³-hybridized carbons (Fsp3) is 0.278. The van der Waals surface area contributed by atoms with Crippen molar-refractivity contribution in [2.24, 2.45) is 0 Å². The minimum atomic E-state index is -0.915. The van der Waals surface area contributed by atoms with Gasteiger partial charge in [-0.1, -0.05) is 0 Å². The van der Waals surface area contributed by atoms with Crippen molar-refractivity contribution < 1.29 is 28.3 Å². The second-order valence-corrected chi connectivity index (χ2v) is 5.21. The Morgan fingerprint density at radius 2 is 1.88 bits per heavy atom. The zero-order chi connectivity index (χ0) is 18.2. The van der Waals surface area contributed by atoms with Crippen LogP contribution in [0.4, 0.5) is 0 Å². The van der Waals surface area contributed by atoms with E-state index in [4.69, 9.17) is 13.9 Å². The zero-order valence-corrected chi connectivity index (χ0v) is 14.0. The van der Waals surface area contributed by atoms with Crippen molar-refractivity contribution in [3.8, 4) is 5.75 Å². The predicted molar refractivity (Wildman–Crippen MR) is 88.5 cm³/mol. The summed E-state index contributed by atoms with van der Waals surface area (Å²) < 4.78 is 15.1. The van der Waals surface area contributed by atoms with Gasteiger partial charge in [0.1, 0.15) is 5.75 Å². The lowest BCUT2D eigenvalue weighted by atomic mass is 10.1. The Kier molecular flexibility index (Phi) is 6.33. The van der Waals surface area contributed by atoms with E-state index < -0.39 is 18.0 Å². The maximum atomic E-state index is 12.2. The Morgan fingerprint density at radius 1 is 1.16 bits per heavy atom. The first-order chi connectivity index (χ1) is 12.0. The number of carbonyl (C=O) groups excluding carboxylic acids is 3. The molecular weight excluding hydrogens is 326 g/mol. The minimum Gasteiger partial charge on any atom is -0.497 e. The molecule has 1 aromatic carbocycles. The summed E-state index contributed by atoms with van der Waals surface area (Å²) in [5.41, 5.74) is 0.423. The van der Waals surface area contributed by atoms with Gasteiger partial charge in [-0.2, -0.15) is 0 Å². The first-order valence-corrected chi connectivity index (χ1v) is 7.70. The molecule has 0 fully saturated rings. The van der Waals surface area contributed by atoms with Gasteiger partial charge in [0.2, 0.25) is 5.78 Å². The molecule has 0 bridgehead atoms. The number of ether oxygens (including phenoxy) is 2. The second kappa shape index (κ2) is 8.68. The summed E-state index contributed by atoms with van der Waals surface area (Å²) in [6, 6.07) is 9.64.